The molecule has 0 bridgehead atoms. The molecular weight excluding hydrogens is 318 g/mol. The molecule has 1 aliphatic rings. The lowest BCUT2D eigenvalue weighted by Crippen LogP contribution is -2.38. The molecule has 5 heteroatoms. The summed E-state index contributed by atoms with van der Waals surface area (Å²) in [6.45, 7) is 5.44. The average Bonchev–Trinajstić information content (AvgIpc) is 2.91. The van der Waals surface area contributed by atoms with Crippen molar-refractivity contribution in [3.63, 3.8) is 0 Å². The first-order valence-electron chi connectivity index (χ1n) is 8.16. The fourth-order valence-corrected chi connectivity index (χ4v) is 3.32. The molecule has 2 heterocycles. The third-order valence-corrected chi connectivity index (χ3v) is 4.56. The number of H-pyrrole nitrogens is 1. The highest BCUT2D eigenvalue weighted by atomic mass is 16.6. The summed E-state index contributed by atoms with van der Waals surface area (Å²) < 4.78 is 11.3. The predicted octanol–water partition coefficient (Wildman–Crippen LogP) is 4.06. The van der Waals surface area contributed by atoms with Crippen LogP contribution in [0.5, 0.6) is 11.5 Å². The molecule has 5 nitrogen and oxygen atoms in total. The predicted molar refractivity (Wildman–Crippen MR) is 96.9 cm³/mol. The van der Waals surface area contributed by atoms with Crippen molar-refractivity contribution in [3.8, 4) is 11.5 Å². The maximum absolute atomic E-state index is 11.1. The van der Waals surface area contributed by atoms with Crippen LogP contribution in [0.3, 0.4) is 0 Å². The third kappa shape index (κ3) is 2.52. The van der Waals surface area contributed by atoms with Gasteiger partial charge in [-0.25, -0.2) is 0 Å². The molecule has 0 unspecified atom stereocenters. The quantitative estimate of drug-likeness (QED) is 0.692. The number of fused-ring (bicyclic) bond motifs is 5. The SMILES string of the molecule is CC(=O)OC[C@@]1(C)C=Cc2c(c(C)cc3c2[nH]c2cc(O)ccc23)O1. The van der Waals surface area contributed by atoms with E-state index in [9.17, 15) is 9.90 Å². The maximum Gasteiger partial charge on any atom is 0.302 e. The molecule has 0 saturated heterocycles. The van der Waals surface area contributed by atoms with E-state index < -0.39 is 5.60 Å². The first-order chi connectivity index (χ1) is 11.9. The van der Waals surface area contributed by atoms with Crippen LogP contribution in [-0.4, -0.2) is 28.3 Å². The summed E-state index contributed by atoms with van der Waals surface area (Å²) in [6.07, 6.45) is 3.92. The molecule has 2 N–H and O–H groups in total. The second-order valence-electron chi connectivity index (χ2n) is 6.74. The second-order valence-corrected chi connectivity index (χ2v) is 6.74. The van der Waals surface area contributed by atoms with Gasteiger partial charge in [0.1, 0.15) is 18.1 Å². The van der Waals surface area contributed by atoms with Crippen LogP contribution in [0.2, 0.25) is 0 Å². The van der Waals surface area contributed by atoms with E-state index in [-0.39, 0.29) is 18.3 Å². The van der Waals surface area contributed by atoms with Crippen LogP contribution in [0, 0.1) is 6.92 Å². The number of nitrogens with one attached hydrogen (secondary N) is 1. The summed E-state index contributed by atoms with van der Waals surface area (Å²) in [4.78, 5) is 14.5. The Morgan fingerprint density at radius 2 is 2.12 bits per heavy atom. The fourth-order valence-electron chi connectivity index (χ4n) is 3.32. The molecule has 0 aliphatic carbocycles. The minimum atomic E-state index is -0.693. The van der Waals surface area contributed by atoms with E-state index in [1.807, 2.05) is 32.1 Å². The number of hydrogen-bond donors (Lipinski definition) is 2. The zero-order chi connectivity index (χ0) is 17.8. The monoisotopic (exact) mass is 337 g/mol. The molecule has 1 atom stereocenters. The minimum absolute atomic E-state index is 0.163. The zero-order valence-electron chi connectivity index (χ0n) is 14.3. The Balaban J connectivity index is 1.87. The summed E-state index contributed by atoms with van der Waals surface area (Å²) in [5.74, 6) is 0.678. The first kappa shape index (κ1) is 15.6. The Morgan fingerprint density at radius 1 is 1.32 bits per heavy atom. The molecular formula is C20H19NO4. The van der Waals surface area contributed by atoms with Gasteiger partial charge in [0.05, 0.1) is 11.0 Å². The van der Waals surface area contributed by atoms with Crippen molar-refractivity contribution in [2.45, 2.75) is 26.4 Å². The number of esters is 1. The van der Waals surface area contributed by atoms with Gasteiger partial charge < -0.3 is 19.6 Å². The molecule has 1 aromatic heterocycles. The molecule has 1 aliphatic heterocycles. The van der Waals surface area contributed by atoms with E-state index in [4.69, 9.17) is 9.47 Å². The van der Waals surface area contributed by atoms with E-state index in [1.165, 1.54) is 6.92 Å². The van der Waals surface area contributed by atoms with Gasteiger partial charge in [0.2, 0.25) is 0 Å². The Labute approximate surface area is 144 Å². The van der Waals surface area contributed by atoms with Gasteiger partial charge in [0.15, 0.2) is 5.60 Å². The number of rotatable bonds is 2. The molecule has 0 radical (unpaired) electrons. The topological polar surface area (TPSA) is 71.6 Å². The van der Waals surface area contributed by atoms with E-state index >= 15 is 0 Å². The van der Waals surface area contributed by atoms with Crippen molar-refractivity contribution in [1.29, 1.82) is 0 Å². The summed E-state index contributed by atoms with van der Waals surface area (Å²) in [5, 5.41) is 11.9. The van der Waals surface area contributed by atoms with Crippen molar-refractivity contribution < 1.29 is 19.4 Å². The third-order valence-electron chi connectivity index (χ3n) is 4.56. The van der Waals surface area contributed by atoms with Gasteiger partial charge in [-0.05, 0) is 49.8 Å². The van der Waals surface area contributed by atoms with E-state index in [0.717, 1.165) is 38.7 Å². The lowest BCUT2D eigenvalue weighted by atomic mass is 9.96. The van der Waals surface area contributed by atoms with Gasteiger partial charge in [-0.2, -0.15) is 0 Å². The number of hydrogen-bond acceptors (Lipinski definition) is 4. The van der Waals surface area contributed by atoms with Crippen LogP contribution in [0.15, 0.2) is 30.3 Å². The van der Waals surface area contributed by atoms with Crippen LogP contribution in [0.4, 0.5) is 0 Å². The van der Waals surface area contributed by atoms with Crippen LogP contribution >= 0.6 is 0 Å². The first-order valence-corrected chi connectivity index (χ1v) is 8.16. The number of aromatic hydroxyl groups is 1. The Bertz CT molecular complexity index is 1050. The smallest absolute Gasteiger partial charge is 0.302 e. The molecule has 0 amide bonds. The molecule has 2 aromatic carbocycles. The zero-order valence-corrected chi connectivity index (χ0v) is 14.3. The maximum atomic E-state index is 11.1. The number of aromatic amines is 1. The summed E-state index contributed by atoms with van der Waals surface area (Å²) >= 11 is 0. The van der Waals surface area contributed by atoms with Crippen molar-refractivity contribution in [1.82, 2.24) is 4.98 Å². The van der Waals surface area contributed by atoms with Gasteiger partial charge in [0, 0.05) is 29.3 Å². The standard InChI is InChI=1S/C20H19NO4/c1-11-8-16-14-5-4-13(23)9-17(14)21-18(16)15-6-7-20(3,25-19(11)15)10-24-12(2)22/h4-9,21,23H,10H2,1-3H3/t20-/m1/s1. The van der Waals surface area contributed by atoms with Gasteiger partial charge >= 0.3 is 5.97 Å². The number of phenols is 1. The molecule has 25 heavy (non-hydrogen) atoms. The summed E-state index contributed by atoms with van der Waals surface area (Å²) in [6, 6.07) is 7.39. The number of benzene rings is 2. The molecule has 128 valence electrons. The number of phenolic OH excluding ortho intramolecular Hbond substituents is 1. The molecule has 0 spiro atoms. The van der Waals surface area contributed by atoms with Crippen molar-refractivity contribution in [2.75, 3.05) is 6.61 Å². The van der Waals surface area contributed by atoms with E-state index in [2.05, 4.69) is 11.1 Å². The summed E-state index contributed by atoms with van der Waals surface area (Å²) in [5.41, 5.74) is 3.12. The van der Waals surface area contributed by atoms with Gasteiger partial charge in [-0.3, -0.25) is 4.79 Å². The highest BCUT2D eigenvalue weighted by Gasteiger charge is 2.31. The number of aromatic nitrogens is 1. The highest BCUT2D eigenvalue weighted by Crippen LogP contribution is 2.41. The van der Waals surface area contributed by atoms with Crippen LogP contribution < -0.4 is 4.74 Å². The van der Waals surface area contributed by atoms with Crippen molar-refractivity contribution in [3.05, 3.63) is 41.5 Å². The fraction of sp³-hybridized carbons (Fsp3) is 0.250. The Hall–Kier alpha value is -2.95. The summed E-state index contributed by atoms with van der Waals surface area (Å²) in [7, 11) is 0. The molecule has 0 fully saturated rings. The number of ether oxygens (including phenoxy) is 2. The number of carbonyl (C=O) groups excluding carboxylic acids is 1. The van der Waals surface area contributed by atoms with Gasteiger partial charge in [-0.15, -0.1) is 0 Å². The Kier molecular flexibility index (Phi) is 3.29. The van der Waals surface area contributed by atoms with E-state index in [1.54, 1.807) is 12.1 Å². The van der Waals surface area contributed by atoms with Crippen LogP contribution in [0.1, 0.15) is 25.0 Å². The van der Waals surface area contributed by atoms with E-state index in [0.29, 0.717) is 0 Å². The average molecular weight is 337 g/mol. The van der Waals surface area contributed by atoms with Gasteiger partial charge in [-0.1, -0.05) is 0 Å². The van der Waals surface area contributed by atoms with Crippen LogP contribution in [-0.2, 0) is 9.53 Å². The molecule has 0 saturated carbocycles. The highest BCUT2D eigenvalue weighted by molar-refractivity contribution is 6.11. The van der Waals surface area contributed by atoms with Crippen molar-refractivity contribution in [2.24, 2.45) is 0 Å². The molecule has 3 aromatic rings. The Morgan fingerprint density at radius 3 is 2.88 bits per heavy atom. The molecule has 4 rings (SSSR count). The number of aryl methyl sites for hydroxylation is 1. The number of carbonyl (C=O) groups is 1. The lowest BCUT2D eigenvalue weighted by Gasteiger charge is -2.32. The van der Waals surface area contributed by atoms with Crippen LogP contribution in [0.25, 0.3) is 27.9 Å². The second kappa shape index (κ2) is 5.28. The van der Waals surface area contributed by atoms with Gasteiger partial charge in [0.25, 0.3) is 0 Å². The largest absolute Gasteiger partial charge is 0.508 e. The normalized spacial score (nSPS) is 19.0. The van der Waals surface area contributed by atoms with Crippen molar-refractivity contribution >= 4 is 33.9 Å². The lowest BCUT2D eigenvalue weighted by molar-refractivity contribution is -0.145. The minimum Gasteiger partial charge on any atom is -0.508 e.